The summed E-state index contributed by atoms with van der Waals surface area (Å²) >= 11 is 0. The molecule has 0 radical (unpaired) electrons. The summed E-state index contributed by atoms with van der Waals surface area (Å²) in [5.74, 6) is -0.673. The molecule has 1 aliphatic rings. The van der Waals surface area contributed by atoms with Crippen LogP contribution in [0.3, 0.4) is 0 Å². The maximum atomic E-state index is 13.4. The van der Waals surface area contributed by atoms with Crippen molar-refractivity contribution in [1.82, 2.24) is 0 Å². The third-order valence-electron chi connectivity index (χ3n) is 6.06. The van der Waals surface area contributed by atoms with Crippen LogP contribution in [0, 0.1) is 13.8 Å². The number of rotatable bonds is 3. The lowest BCUT2D eigenvalue weighted by molar-refractivity contribution is -0.137. The summed E-state index contributed by atoms with van der Waals surface area (Å²) in [7, 11) is 0. The van der Waals surface area contributed by atoms with Gasteiger partial charge >= 0.3 is 6.18 Å². The Morgan fingerprint density at radius 3 is 2.33 bits per heavy atom. The van der Waals surface area contributed by atoms with Gasteiger partial charge in [-0.3, -0.25) is 9.59 Å². The van der Waals surface area contributed by atoms with Gasteiger partial charge in [0.05, 0.1) is 5.56 Å². The van der Waals surface area contributed by atoms with Crippen molar-refractivity contribution in [1.29, 1.82) is 0 Å². The number of carbonyl (C=O) groups is 2. The van der Waals surface area contributed by atoms with Gasteiger partial charge in [-0.15, -0.1) is 0 Å². The Bertz CT molecular complexity index is 1250. The number of anilines is 2. The van der Waals surface area contributed by atoms with E-state index in [2.05, 4.69) is 5.32 Å². The second-order valence-electron chi connectivity index (χ2n) is 8.19. The topological polar surface area (TPSA) is 49.4 Å². The number of aryl methyl sites for hydroxylation is 1. The summed E-state index contributed by atoms with van der Waals surface area (Å²) in [4.78, 5) is 26.9. The van der Waals surface area contributed by atoms with Gasteiger partial charge in [0, 0.05) is 30.4 Å². The molecule has 0 spiro atoms. The van der Waals surface area contributed by atoms with Gasteiger partial charge in [-0.05, 0) is 66.3 Å². The molecule has 7 heteroatoms. The number of carbonyl (C=O) groups excluding carboxylic acids is 2. The molecule has 0 saturated carbocycles. The van der Waals surface area contributed by atoms with E-state index in [9.17, 15) is 22.8 Å². The van der Waals surface area contributed by atoms with E-state index in [1.54, 1.807) is 35.2 Å². The number of hydrogen-bond acceptors (Lipinski definition) is 2. The number of fused-ring (bicyclic) bond motifs is 1. The summed E-state index contributed by atoms with van der Waals surface area (Å²) in [5.41, 5.74) is 4.01. The standard InChI is InChI=1S/C26H23F3N2O2/c1-15-13-23-20(11-12-31(23)17(3)32)16(2)24(15)30-25(33)22-14-19(26(27,28)29)9-10-21(22)18-7-5-4-6-8-18/h4-10,13-14H,11-12H2,1-3H3,(H,30,33). The predicted molar refractivity (Wildman–Crippen MR) is 122 cm³/mol. The van der Waals surface area contributed by atoms with Gasteiger partial charge in [-0.25, -0.2) is 0 Å². The van der Waals surface area contributed by atoms with Crippen LogP contribution in [0.15, 0.2) is 54.6 Å². The van der Waals surface area contributed by atoms with E-state index in [1.165, 1.54) is 13.0 Å². The van der Waals surface area contributed by atoms with E-state index in [1.807, 2.05) is 19.9 Å². The Labute approximate surface area is 190 Å². The summed E-state index contributed by atoms with van der Waals surface area (Å²) in [6.45, 7) is 5.74. The van der Waals surface area contributed by atoms with Crippen molar-refractivity contribution in [2.75, 3.05) is 16.8 Å². The molecular weight excluding hydrogens is 429 g/mol. The molecule has 1 aliphatic heterocycles. The summed E-state index contributed by atoms with van der Waals surface area (Å²) in [6.07, 6.45) is -3.91. The summed E-state index contributed by atoms with van der Waals surface area (Å²) in [6, 6.07) is 13.9. The van der Waals surface area contributed by atoms with Crippen molar-refractivity contribution in [3.8, 4) is 11.1 Å². The number of hydrogen-bond donors (Lipinski definition) is 1. The maximum absolute atomic E-state index is 13.4. The van der Waals surface area contributed by atoms with E-state index in [-0.39, 0.29) is 11.5 Å². The predicted octanol–water partition coefficient (Wildman–Crippen LogP) is 6.15. The van der Waals surface area contributed by atoms with E-state index >= 15 is 0 Å². The first-order chi connectivity index (χ1) is 15.6. The SMILES string of the molecule is CC(=O)N1CCc2c1cc(C)c(NC(=O)c1cc(C(F)(F)F)ccc1-c1ccccc1)c2C. The second kappa shape index (κ2) is 8.39. The maximum Gasteiger partial charge on any atom is 0.416 e. The Morgan fingerprint density at radius 1 is 1.00 bits per heavy atom. The fourth-order valence-electron chi connectivity index (χ4n) is 4.38. The Hall–Kier alpha value is -3.61. The number of nitrogens with zero attached hydrogens (tertiary/aromatic N) is 1. The van der Waals surface area contributed by atoms with Crippen LogP contribution in [-0.2, 0) is 17.4 Å². The molecule has 0 unspecified atom stereocenters. The lowest BCUT2D eigenvalue weighted by Gasteiger charge is -2.20. The molecule has 1 N–H and O–H groups in total. The van der Waals surface area contributed by atoms with Crippen molar-refractivity contribution in [3.63, 3.8) is 0 Å². The third-order valence-corrected chi connectivity index (χ3v) is 6.06. The van der Waals surface area contributed by atoms with Gasteiger partial charge in [0.25, 0.3) is 5.91 Å². The normalized spacial score (nSPS) is 13.1. The first-order valence-electron chi connectivity index (χ1n) is 10.6. The molecule has 33 heavy (non-hydrogen) atoms. The quantitative estimate of drug-likeness (QED) is 0.518. The molecule has 0 aromatic heterocycles. The van der Waals surface area contributed by atoms with Crippen LogP contribution in [0.1, 0.15) is 39.5 Å². The number of amides is 2. The van der Waals surface area contributed by atoms with Crippen LogP contribution < -0.4 is 10.2 Å². The number of benzene rings is 3. The fourth-order valence-corrected chi connectivity index (χ4v) is 4.38. The van der Waals surface area contributed by atoms with Crippen LogP contribution >= 0.6 is 0 Å². The minimum atomic E-state index is -4.57. The van der Waals surface area contributed by atoms with Crippen molar-refractivity contribution >= 4 is 23.2 Å². The monoisotopic (exact) mass is 452 g/mol. The van der Waals surface area contributed by atoms with Crippen LogP contribution in [0.5, 0.6) is 0 Å². The van der Waals surface area contributed by atoms with Crippen molar-refractivity contribution in [2.24, 2.45) is 0 Å². The summed E-state index contributed by atoms with van der Waals surface area (Å²) < 4.78 is 40.2. The highest BCUT2D eigenvalue weighted by Gasteiger charge is 2.32. The fraction of sp³-hybridized carbons (Fsp3) is 0.231. The molecule has 4 rings (SSSR count). The average molecular weight is 452 g/mol. The smallest absolute Gasteiger partial charge is 0.321 e. The highest BCUT2D eigenvalue weighted by molar-refractivity contribution is 6.10. The second-order valence-corrected chi connectivity index (χ2v) is 8.19. The van der Waals surface area contributed by atoms with E-state index in [0.717, 1.165) is 34.5 Å². The highest BCUT2D eigenvalue weighted by atomic mass is 19.4. The largest absolute Gasteiger partial charge is 0.416 e. The molecule has 4 nitrogen and oxygen atoms in total. The van der Waals surface area contributed by atoms with Crippen LogP contribution in [0.2, 0.25) is 0 Å². The molecule has 0 bridgehead atoms. The van der Waals surface area contributed by atoms with Gasteiger partial charge < -0.3 is 10.2 Å². The molecular formula is C26H23F3N2O2. The summed E-state index contributed by atoms with van der Waals surface area (Å²) in [5, 5.41) is 2.85. The van der Waals surface area contributed by atoms with Gasteiger partial charge in [0.1, 0.15) is 0 Å². The van der Waals surface area contributed by atoms with Gasteiger partial charge in [-0.1, -0.05) is 36.4 Å². The van der Waals surface area contributed by atoms with Crippen LogP contribution in [-0.4, -0.2) is 18.4 Å². The van der Waals surface area contributed by atoms with Crippen LogP contribution in [0.25, 0.3) is 11.1 Å². The van der Waals surface area contributed by atoms with E-state index in [4.69, 9.17) is 0 Å². The molecule has 0 saturated heterocycles. The van der Waals surface area contributed by atoms with Gasteiger partial charge in [0.2, 0.25) is 5.91 Å². The molecule has 0 fully saturated rings. The van der Waals surface area contributed by atoms with Crippen molar-refractivity contribution in [2.45, 2.75) is 33.4 Å². The third kappa shape index (κ3) is 4.23. The minimum absolute atomic E-state index is 0.0548. The lowest BCUT2D eigenvalue weighted by Crippen LogP contribution is -2.25. The van der Waals surface area contributed by atoms with Gasteiger partial charge in [0.15, 0.2) is 0 Å². The molecule has 170 valence electrons. The van der Waals surface area contributed by atoms with Crippen LogP contribution in [0.4, 0.5) is 24.5 Å². The zero-order valence-electron chi connectivity index (χ0n) is 18.5. The molecule has 3 aromatic rings. The van der Waals surface area contributed by atoms with E-state index in [0.29, 0.717) is 29.8 Å². The lowest BCUT2D eigenvalue weighted by atomic mass is 9.95. The van der Waals surface area contributed by atoms with E-state index < -0.39 is 17.6 Å². The van der Waals surface area contributed by atoms with Crippen molar-refractivity contribution < 1.29 is 22.8 Å². The Balaban J connectivity index is 1.77. The number of alkyl halides is 3. The molecule has 2 amide bonds. The number of nitrogens with one attached hydrogen (secondary N) is 1. The first-order valence-corrected chi connectivity index (χ1v) is 10.6. The Kier molecular flexibility index (Phi) is 5.74. The number of halogens is 3. The van der Waals surface area contributed by atoms with Gasteiger partial charge in [-0.2, -0.15) is 13.2 Å². The zero-order valence-corrected chi connectivity index (χ0v) is 18.5. The first kappa shape index (κ1) is 22.6. The highest BCUT2D eigenvalue weighted by Crippen LogP contribution is 2.38. The zero-order chi connectivity index (χ0) is 23.9. The average Bonchev–Trinajstić information content (AvgIpc) is 3.20. The molecule has 0 atom stereocenters. The van der Waals surface area contributed by atoms with Crippen molar-refractivity contribution in [3.05, 3.63) is 82.4 Å². The molecule has 1 heterocycles. The Morgan fingerprint density at radius 2 is 1.70 bits per heavy atom. The molecule has 3 aromatic carbocycles. The minimum Gasteiger partial charge on any atom is -0.321 e. The molecule has 0 aliphatic carbocycles.